The van der Waals surface area contributed by atoms with Gasteiger partial charge in [-0.3, -0.25) is 0 Å². The number of benzene rings is 1. The van der Waals surface area contributed by atoms with Crippen LogP contribution in [0.3, 0.4) is 0 Å². The van der Waals surface area contributed by atoms with Crippen molar-refractivity contribution in [2.45, 2.75) is 31.2 Å². The van der Waals surface area contributed by atoms with Gasteiger partial charge in [0.05, 0.1) is 5.02 Å². The Balaban J connectivity index is 2.29. The Hall–Kier alpha value is -0.180. The summed E-state index contributed by atoms with van der Waals surface area (Å²) < 4.78 is 0. The zero-order chi connectivity index (χ0) is 11.1. The topological polar surface area (TPSA) is 12.0 Å². The van der Waals surface area contributed by atoms with Gasteiger partial charge in [-0.1, -0.05) is 30.7 Å². The van der Waals surface area contributed by atoms with Gasteiger partial charge in [-0.2, -0.15) is 0 Å². The van der Waals surface area contributed by atoms with Crippen LogP contribution in [0, 0.1) is 0 Å². The van der Waals surface area contributed by atoms with Crippen LogP contribution in [0.2, 0.25) is 5.02 Å². The van der Waals surface area contributed by atoms with Crippen LogP contribution in [-0.4, -0.2) is 18.3 Å². The average Bonchev–Trinajstić information content (AvgIpc) is 2.21. The van der Waals surface area contributed by atoms with Gasteiger partial charge in [0.25, 0.3) is 0 Å². The summed E-state index contributed by atoms with van der Waals surface area (Å²) in [5, 5.41) is 4.26. The van der Waals surface area contributed by atoms with E-state index in [9.17, 15) is 0 Å². The summed E-state index contributed by atoms with van der Waals surface area (Å²) in [4.78, 5) is 1.18. The van der Waals surface area contributed by atoms with Crippen LogP contribution in [0.25, 0.3) is 0 Å². The van der Waals surface area contributed by atoms with Crippen molar-refractivity contribution in [3.05, 3.63) is 29.3 Å². The smallest absolute Gasteiger partial charge is 0.0541 e. The first kappa shape index (κ1) is 12.9. The lowest BCUT2D eigenvalue weighted by atomic mass is 10.3. The number of nitrogens with one attached hydrogen (secondary N) is 1. The van der Waals surface area contributed by atoms with Crippen LogP contribution in [0.5, 0.6) is 0 Å². The van der Waals surface area contributed by atoms with Gasteiger partial charge in [0, 0.05) is 10.9 Å². The molecule has 0 amide bonds. The van der Waals surface area contributed by atoms with Gasteiger partial charge in [-0.25, -0.2) is 0 Å². The van der Waals surface area contributed by atoms with Crippen molar-refractivity contribution in [1.82, 2.24) is 5.32 Å². The lowest BCUT2D eigenvalue weighted by molar-refractivity contribution is 0.556. The Morgan fingerprint density at radius 3 is 2.80 bits per heavy atom. The molecule has 0 saturated heterocycles. The van der Waals surface area contributed by atoms with E-state index in [2.05, 4.69) is 25.2 Å². The zero-order valence-electron chi connectivity index (χ0n) is 9.29. The van der Waals surface area contributed by atoms with E-state index in [1.807, 2.05) is 30.0 Å². The van der Waals surface area contributed by atoms with Crippen molar-refractivity contribution in [2.75, 3.05) is 12.3 Å². The highest BCUT2D eigenvalue weighted by Crippen LogP contribution is 2.27. The molecule has 84 valence electrons. The van der Waals surface area contributed by atoms with Gasteiger partial charge in [0.15, 0.2) is 0 Å². The number of hydrogen-bond donors (Lipinski definition) is 1. The molecule has 0 heterocycles. The monoisotopic (exact) mass is 243 g/mol. The highest BCUT2D eigenvalue weighted by atomic mass is 35.5. The molecule has 0 aliphatic carbocycles. The summed E-state index contributed by atoms with van der Waals surface area (Å²) in [5.41, 5.74) is 0. The number of hydrogen-bond acceptors (Lipinski definition) is 2. The minimum atomic E-state index is 0.588. The summed E-state index contributed by atoms with van der Waals surface area (Å²) in [6, 6.07) is 8.60. The van der Waals surface area contributed by atoms with Crippen LogP contribution in [-0.2, 0) is 0 Å². The molecule has 0 saturated carbocycles. The first-order valence-electron chi connectivity index (χ1n) is 5.34. The Labute approximate surface area is 102 Å². The molecule has 1 N–H and O–H groups in total. The highest BCUT2D eigenvalue weighted by molar-refractivity contribution is 7.99. The lowest BCUT2D eigenvalue weighted by Gasteiger charge is -2.11. The Morgan fingerprint density at radius 1 is 1.40 bits per heavy atom. The summed E-state index contributed by atoms with van der Waals surface area (Å²) >= 11 is 7.89. The van der Waals surface area contributed by atoms with Crippen LogP contribution in [0.1, 0.15) is 20.3 Å². The maximum absolute atomic E-state index is 6.06. The second-order valence-electron chi connectivity index (χ2n) is 3.53. The Morgan fingerprint density at radius 2 is 2.13 bits per heavy atom. The van der Waals surface area contributed by atoms with Gasteiger partial charge in [0.2, 0.25) is 0 Å². The van der Waals surface area contributed by atoms with Crippen LogP contribution < -0.4 is 5.32 Å². The summed E-state index contributed by atoms with van der Waals surface area (Å²) in [6.45, 7) is 5.40. The predicted octanol–water partition coefficient (Wildman–Crippen LogP) is 3.82. The molecule has 3 heteroatoms. The Bertz CT molecular complexity index is 291. The van der Waals surface area contributed by atoms with E-state index < -0.39 is 0 Å². The van der Waals surface area contributed by atoms with Gasteiger partial charge in [-0.15, -0.1) is 11.8 Å². The van der Waals surface area contributed by atoms with Crippen LogP contribution >= 0.6 is 23.4 Å². The molecule has 1 rings (SSSR count). The van der Waals surface area contributed by atoms with Gasteiger partial charge < -0.3 is 5.32 Å². The third-order valence-corrected chi connectivity index (χ3v) is 3.75. The average molecular weight is 244 g/mol. The first-order chi connectivity index (χ1) is 7.24. The molecule has 0 aliphatic heterocycles. The molecule has 0 aromatic heterocycles. The maximum atomic E-state index is 6.06. The normalized spacial score (nSPS) is 12.7. The number of rotatable bonds is 6. The standard InChI is InChI=1S/C12H18ClNS/c1-3-14-10(2)8-9-15-12-7-5-4-6-11(12)13/h4-7,10,14H,3,8-9H2,1-2H3. The molecule has 15 heavy (non-hydrogen) atoms. The molecule has 0 radical (unpaired) electrons. The molecule has 1 nitrogen and oxygen atoms in total. The Kier molecular flexibility index (Phi) is 6.15. The molecule has 0 spiro atoms. The largest absolute Gasteiger partial charge is 0.315 e. The second-order valence-corrected chi connectivity index (χ2v) is 5.07. The van der Waals surface area contributed by atoms with Crippen molar-refractivity contribution < 1.29 is 0 Å². The predicted molar refractivity (Wildman–Crippen MR) is 69.9 cm³/mol. The highest BCUT2D eigenvalue weighted by Gasteiger charge is 2.02. The molecule has 1 atom stereocenters. The summed E-state index contributed by atoms with van der Waals surface area (Å²) in [6.07, 6.45) is 1.17. The van der Waals surface area contributed by atoms with Crippen molar-refractivity contribution >= 4 is 23.4 Å². The molecular formula is C12H18ClNS. The number of halogens is 1. The van der Waals surface area contributed by atoms with Gasteiger partial charge in [0.1, 0.15) is 0 Å². The molecular weight excluding hydrogens is 226 g/mol. The van der Waals surface area contributed by atoms with Crippen molar-refractivity contribution in [1.29, 1.82) is 0 Å². The summed E-state index contributed by atoms with van der Waals surface area (Å²) in [5.74, 6) is 1.11. The molecule has 0 fully saturated rings. The summed E-state index contributed by atoms with van der Waals surface area (Å²) in [7, 11) is 0. The van der Waals surface area contributed by atoms with E-state index in [-0.39, 0.29) is 0 Å². The van der Waals surface area contributed by atoms with Crippen molar-refractivity contribution in [2.24, 2.45) is 0 Å². The van der Waals surface area contributed by atoms with E-state index in [0.717, 1.165) is 17.3 Å². The molecule has 0 aliphatic rings. The van der Waals surface area contributed by atoms with E-state index in [0.29, 0.717) is 6.04 Å². The zero-order valence-corrected chi connectivity index (χ0v) is 10.9. The minimum Gasteiger partial charge on any atom is -0.315 e. The van der Waals surface area contributed by atoms with Crippen molar-refractivity contribution in [3.63, 3.8) is 0 Å². The lowest BCUT2D eigenvalue weighted by Crippen LogP contribution is -2.25. The molecule has 1 aromatic rings. The molecule has 1 aromatic carbocycles. The fourth-order valence-corrected chi connectivity index (χ4v) is 2.73. The minimum absolute atomic E-state index is 0.588. The third-order valence-electron chi connectivity index (χ3n) is 2.20. The fraction of sp³-hybridized carbons (Fsp3) is 0.500. The SMILES string of the molecule is CCNC(C)CCSc1ccccc1Cl. The van der Waals surface area contributed by atoms with Crippen LogP contribution in [0.15, 0.2) is 29.2 Å². The van der Waals surface area contributed by atoms with Gasteiger partial charge >= 0.3 is 0 Å². The number of thioether (sulfide) groups is 1. The molecule has 0 bridgehead atoms. The first-order valence-corrected chi connectivity index (χ1v) is 6.71. The maximum Gasteiger partial charge on any atom is 0.0541 e. The fourth-order valence-electron chi connectivity index (χ4n) is 1.36. The molecule has 1 unspecified atom stereocenters. The van der Waals surface area contributed by atoms with Crippen molar-refractivity contribution in [3.8, 4) is 0 Å². The van der Waals surface area contributed by atoms with E-state index >= 15 is 0 Å². The van der Waals surface area contributed by atoms with E-state index in [4.69, 9.17) is 11.6 Å². The second kappa shape index (κ2) is 7.15. The van der Waals surface area contributed by atoms with Gasteiger partial charge in [-0.05, 0) is 37.8 Å². The van der Waals surface area contributed by atoms with E-state index in [1.54, 1.807) is 0 Å². The van der Waals surface area contributed by atoms with E-state index in [1.165, 1.54) is 11.3 Å². The third kappa shape index (κ3) is 4.92. The quantitative estimate of drug-likeness (QED) is 0.763. The van der Waals surface area contributed by atoms with Crippen LogP contribution in [0.4, 0.5) is 0 Å².